The number of rotatable bonds is 8. The molecule has 0 N–H and O–H groups in total. The smallest absolute Gasteiger partial charge is 0.0977 e. The first-order chi connectivity index (χ1) is 6.79. The fourth-order valence-electron chi connectivity index (χ4n) is 1.76. The quantitative estimate of drug-likeness (QED) is 0.557. The molecule has 0 heterocycles. The monoisotopic (exact) mass is 196 g/mol. The van der Waals surface area contributed by atoms with Gasteiger partial charge < -0.3 is 0 Å². The summed E-state index contributed by atoms with van der Waals surface area (Å²) in [5, 5.41) is 9.02. The Hall–Kier alpha value is -0.550. The van der Waals surface area contributed by atoms with E-state index in [1.807, 2.05) is 0 Å². The van der Waals surface area contributed by atoms with Gasteiger partial charge in [0.05, 0.1) is 12.1 Å². The van der Waals surface area contributed by atoms with Crippen LogP contribution in [0.5, 0.6) is 0 Å². The van der Waals surface area contributed by atoms with E-state index in [0.717, 1.165) is 19.5 Å². The summed E-state index contributed by atoms with van der Waals surface area (Å²) >= 11 is 0. The first-order valence-corrected chi connectivity index (χ1v) is 5.93. The largest absolute Gasteiger partial charge is 0.289 e. The van der Waals surface area contributed by atoms with Crippen molar-refractivity contribution >= 4 is 0 Å². The van der Waals surface area contributed by atoms with E-state index in [1.54, 1.807) is 0 Å². The third-order valence-corrected chi connectivity index (χ3v) is 2.73. The molecule has 82 valence electrons. The van der Waals surface area contributed by atoms with Crippen molar-refractivity contribution in [1.82, 2.24) is 4.90 Å². The number of unbranched alkanes of at least 4 members (excludes halogenated alkanes) is 3. The predicted octanol–water partition coefficient (Wildman–Crippen LogP) is 3.19. The predicted molar refractivity (Wildman–Crippen MR) is 61.1 cm³/mol. The minimum atomic E-state index is 0.141. The van der Waals surface area contributed by atoms with E-state index in [4.69, 9.17) is 5.26 Å². The number of nitriles is 1. The van der Waals surface area contributed by atoms with Crippen molar-refractivity contribution in [2.45, 2.75) is 58.9 Å². The number of nitrogens with zero attached hydrogens (tertiary/aromatic N) is 2. The van der Waals surface area contributed by atoms with Crippen molar-refractivity contribution in [3.63, 3.8) is 0 Å². The topological polar surface area (TPSA) is 27.0 Å². The van der Waals surface area contributed by atoms with Crippen LogP contribution < -0.4 is 0 Å². The molecule has 0 spiro atoms. The maximum atomic E-state index is 9.02. The van der Waals surface area contributed by atoms with Crippen LogP contribution >= 0.6 is 0 Å². The summed E-state index contributed by atoms with van der Waals surface area (Å²) in [7, 11) is 0. The van der Waals surface area contributed by atoms with Crippen LogP contribution in [0.25, 0.3) is 0 Å². The van der Waals surface area contributed by atoms with Crippen LogP contribution in [-0.4, -0.2) is 24.0 Å². The van der Waals surface area contributed by atoms with Crippen LogP contribution in [0.1, 0.15) is 52.9 Å². The Bertz CT molecular complexity index is 156. The molecule has 0 aromatic rings. The van der Waals surface area contributed by atoms with E-state index in [-0.39, 0.29) is 6.04 Å². The van der Waals surface area contributed by atoms with Crippen molar-refractivity contribution in [3.8, 4) is 6.07 Å². The van der Waals surface area contributed by atoms with Gasteiger partial charge in [0, 0.05) is 0 Å². The van der Waals surface area contributed by atoms with Gasteiger partial charge in [0.1, 0.15) is 0 Å². The normalized spacial score (nSPS) is 12.8. The molecule has 0 aromatic carbocycles. The van der Waals surface area contributed by atoms with E-state index in [2.05, 4.69) is 31.7 Å². The maximum absolute atomic E-state index is 9.02. The number of hydrogen-bond acceptors (Lipinski definition) is 2. The van der Waals surface area contributed by atoms with Gasteiger partial charge in [-0.1, -0.05) is 46.5 Å². The molecule has 0 fully saturated rings. The van der Waals surface area contributed by atoms with Gasteiger partial charge in [-0.05, 0) is 19.5 Å². The van der Waals surface area contributed by atoms with Crippen LogP contribution in [0.4, 0.5) is 0 Å². The molecule has 2 heteroatoms. The third kappa shape index (κ3) is 5.24. The van der Waals surface area contributed by atoms with Gasteiger partial charge in [-0.3, -0.25) is 4.90 Å². The summed E-state index contributed by atoms with van der Waals surface area (Å²) in [6, 6.07) is 2.55. The first-order valence-electron chi connectivity index (χ1n) is 5.93. The molecule has 0 aliphatic heterocycles. The summed E-state index contributed by atoms with van der Waals surface area (Å²) in [5.41, 5.74) is 0. The van der Waals surface area contributed by atoms with Crippen LogP contribution in [-0.2, 0) is 0 Å². The van der Waals surface area contributed by atoms with E-state index < -0.39 is 0 Å². The molecule has 0 bridgehead atoms. The molecular weight excluding hydrogens is 172 g/mol. The fraction of sp³-hybridized carbons (Fsp3) is 0.917. The molecular formula is C12H24N2. The standard InChI is InChI=1S/C12H24N2/c1-4-7-8-9-10-12(11-13)14(5-2)6-3/h12H,4-10H2,1-3H3. The molecule has 0 saturated carbocycles. The highest BCUT2D eigenvalue weighted by Gasteiger charge is 2.13. The molecule has 14 heavy (non-hydrogen) atoms. The van der Waals surface area contributed by atoms with Crippen molar-refractivity contribution in [1.29, 1.82) is 5.26 Å². The Morgan fingerprint density at radius 2 is 1.71 bits per heavy atom. The molecule has 0 amide bonds. The lowest BCUT2D eigenvalue weighted by Gasteiger charge is -2.23. The van der Waals surface area contributed by atoms with Gasteiger partial charge in [-0.2, -0.15) is 5.26 Å². The lowest BCUT2D eigenvalue weighted by Crippen LogP contribution is -2.33. The van der Waals surface area contributed by atoms with Gasteiger partial charge >= 0.3 is 0 Å². The van der Waals surface area contributed by atoms with Gasteiger partial charge in [-0.25, -0.2) is 0 Å². The fourth-order valence-corrected chi connectivity index (χ4v) is 1.76. The second kappa shape index (κ2) is 9.02. The summed E-state index contributed by atoms with van der Waals surface area (Å²) in [5.74, 6) is 0. The Morgan fingerprint density at radius 3 is 2.14 bits per heavy atom. The molecule has 1 atom stereocenters. The molecule has 0 aromatic heterocycles. The summed E-state index contributed by atoms with van der Waals surface area (Å²) in [6.45, 7) is 8.44. The van der Waals surface area contributed by atoms with E-state index >= 15 is 0 Å². The zero-order valence-corrected chi connectivity index (χ0v) is 9.92. The molecule has 1 unspecified atom stereocenters. The van der Waals surface area contributed by atoms with Gasteiger partial charge in [0.25, 0.3) is 0 Å². The number of hydrogen-bond donors (Lipinski definition) is 0. The SMILES string of the molecule is CCCCCCC(C#N)N(CC)CC. The molecule has 0 rings (SSSR count). The zero-order chi connectivity index (χ0) is 10.8. The van der Waals surface area contributed by atoms with Gasteiger partial charge in [0.2, 0.25) is 0 Å². The van der Waals surface area contributed by atoms with Crippen molar-refractivity contribution < 1.29 is 0 Å². The van der Waals surface area contributed by atoms with Crippen LogP contribution in [0.2, 0.25) is 0 Å². The molecule has 0 radical (unpaired) electrons. The van der Waals surface area contributed by atoms with E-state index in [9.17, 15) is 0 Å². The molecule has 0 saturated heterocycles. The highest BCUT2D eigenvalue weighted by molar-refractivity contribution is 4.90. The Morgan fingerprint density at radius 1 is 1.07 bits per heavy atom. The summed E-state index contributed by atoms with van der Waals surface area (Å²) in [6.07, 6.45) is 6.08. The third-order valence-electron chi connectivity index (χ3n) is 2.73. The van der Waals surface area contributed by atoms with E-state index in [1.165, 1.54) is 25.7 Å². The summed E-state index contributed by atoms with van der Waals surface area (Å²) < 4.78 is 0. The Kier molecular flexibility index (Phi) is 8.67. The lowest BCUT2D eigenvalue weighted by atomic mass is 10.1. The van der Waals surface area contributed by atoms with Crippen molar-refractivity contribution in [2.75, 3.05) is 13.1 Å². The second-order valence-electron chi connectivity index (χ2n) is 3.72. The van der Waals surface area contributed by atoms with Crippen molar-refractivity contribution in [2.24, 2.45) is 0 Å². The summed E-state index contributed by atoms with van der Waals surface area (Å²) in [4.78, 5) is 2.24. The highest BCUT2D eigenvalue weighted by Crippen LogP contribution is 2.10. The van der Waals surface area contributed by atoms with Gasteiger partial charge in [-0.15, -0.1) is 0 Å². The maximum Gasteiger partial charge on any atom is 0.0977 e. The lowest BCUT2D eigenvalue weighted by molar-refractivity contribution is 0.244. The van der Waals surface area contributed by atoms with Crippen LogP contribution in [0, 0.1) is 11.3 Å². The first kappa shape index (κ1) is 13.4. The van der Waals surface area contributed by atoms with Crippen molar-refractivity contribution in [3.05, 3.63) is 0 Å². The average molecular weight is 196 g/mol. The van der Waals surface area contributed by atoms with Crippen LogP contribution in [0.3, 0.4) is 0 Å². The highest BCUT2D eigenvalue weighted by atomic mass is 15.1. The Labute approximate surface area is 88.9 Å². The second-order valence-corrected chi connectivity index (χ2v) is 3.72. The van der Waals surface area contributed by atoms with Crippen LogP contribution in [0.15, 0.2) is 0 Å². The molecule has 2 nitrogen and oxygen atoms in total. The van der Waals surface area contributed by atoms with E-state index in [0.29, 0.717) is 0 Å². The molecule has 0 aliphatic rings. The Balaban J connectivity index is 3.73. The average Bonchev–Trinajstić information content (AvgIpc) is 2.23. The minimum absolute atomic E-state index is 0.141. The van der Waals surface area contributed by atoms with Gasteiger partial charge in [0.15, 0.2) is 0 Å². The zero-order valence-electron chi connectivity index (χ0n) is 9.92. The molecule has 0 aliphatic carbocycles. The minimum Gasteiger partial charge on any atom is -0.289 e.